The molecule has 0 unspecified atom stereocenters. The van der Waals surface area contributed by atoms with Crippen LogP contribution in [0.4, 0.5) is 0 Å². The quantitative estimate of drug-likeness (QED) is 0.915. The fraction of sp³-hybridized carbons (Fsp3) is 0.692. The molecule has 1 aromatic rings. The van der Waals surface area contributed by atoms with E-state index in [0.717, 1.165) is 15.3 Å². The van der Waals surface area contributed by atoms with Crippen LogP contribution in [0.3, 0.4) is 0 Å². The molecule has 2 rings (SSSR count). The molecule has 1 aliphatic heterocycles. The minimum atomic E-state index is -0.0963. The molecule has 0 aliphatic carbocycles. The van der Waals surface area contributed by atoms with Gasteiger partial charge in [-0.25, -0.2) is 4.98 Å². The van der Waals surface area contributed by atoms with E-state index in [-0.39, 0.29) is 23.5 Å². The molecule has 19 heavy (non-hydrogen) atoms. The molecule has 0 radical (unpaired) electrons. The van der Waals surface area contributed by atoms with E-state index in [4.69, 9.17) is 0 Å². The van der Waals surface area contributed by atoms with Gasteiger partial charge in [0.1, 0.15) is 5.01 Å². The number of aromatic nitrogens is 1. The van der Waals surface area contributed by atoms with Gasteiger partial charge in [-0.3, -0.25) is 4.79 Å². The van der Waals surface area contributed by atoms with Gasteiger partial charge in [-0.1, -0.05) is 0 Å². The number of nitrogens with one attached hydrogen (secondary N) is 1. The Morgan fingerprint density at radius 3 is 2.74 bits per heavy atom. The summed E-state index contributed by atoms with van der Waals surface area (Å²) in [5.41, 5.74) is -0.0963. The van der Waals surface area contributed by atoms with Crippen LogP contribution in [-0.2, 0) is 4.79 Å². The number of amides is 1. The second-order valence-electron chi connectivity index (χ2n) is 5.97. The molecular formula is C13H20BrN3OS. The molecule has 2 heterocycles. The molecule has 1 N–H and O–H groups in total. The van der Waals surface area contributed by atoms with Gasteiger partial charge in [0.15, 0.2) is 0 Å². The number of hydrogen-bond donors (Lipinski definition) is 1. The largest absolute Gasteiger partial charge is 0.336 e. The van der Waals surface area contributed by atoms with Gasteiger partial charge in [0.25, 0.3) is 0 Å². The van der Waals surface area contributed by atoms with Crippen LogP contribution in [0.25, 0.3) is 0 Å². The summed E-state index contributed by atoms with van der Waals surface area (Å²) in [5.74, 6) is 0.234. The maximum absolute atomic E-state index is 12.0. The fourth-order valence-corrected chi connectivity index (χ4v) is 3.61. The zero-order chi connectivity index (χ0) is 14.2. The standard InChI is InChI=1S/C13H20BrN3OS/c1-8(12-15-6-10(14)19-12)16-9-5-11(18)17(7-9)13(2,3)4/h6,8-9,16H,5,7H2,1-4H3/t8-,9+/m0/s1. The smallest absolute Gasteiger partial charge is 0.224 e. The highest BCUT2D eigenvalue weighted by Gasteiger charge is 2.36. The molecule has 6 heteroatoms. The number of thiazole rings is 1. The van der Waals surface area contributed by atoms with E-state index in [2.05, 4.69) is 53.9 Å². The number of hydrogen-bond acceptors (Lipinski definition) is 4. The van der Waals surface area contributed by atoms with Crippen LogP contribution in [0.15, 0.2) is 9.98 Å². The third kappa shape index (κ3) is 3.55. The highest BCUT2D eigenvalue weighted by atomic mass is 79.9. The number of likely N-dealkylation sites (tertiary alicyclic amines) is 1. The Hall–Kier alpha value is -0.460. The minimum absolute atomic E-state index is 0.0963. The SMILES string of the molecule is C[C@H](N[C@@H]1CC(=O)N(C(C)(C)C)C1)c1ncc(Br)s1. The zero-order valence-corrected chi connectivity index (χ0v) is 14.1. The van der Waals surface area contributed by atoms with Crippen molar-refractivity contribution in [3.05, 3.63) is 15.0 Å². The lowest BCUT2D eigenvalue weighted by molar-refractivity contribution is -0.131. The second-order valence-corrected chi connectivity index (χ2v) is 8.41. The fourth-order valence-electron chi connectivity index (χ4n) is 2.36. The third-order valence-electron chi connectivity index (χ3n) is 3.29. The van der Waals surface area contributed by atoms with E-state index in [1.807, 2.05) is 11.1 Å². The van der Waals surface area contributed by atoms with E-state index in [1.165, 1.54) is 0 Å². The summed E-state index contributed by atoms with van der Waals surface area (Å²) in [7, 11) is 0. The average Bonchev–Trinajstić information content (AvgIpc) is 2.84. The molecule has 1 saturated heterocycles. The molecule has 106 valence electrons. The van der Waals surface area contributed by atoms with Crippen LogP contribution < -0.4 is 5.32 Å². The van der Waals surface area contributed by atoms with Gasteiger partial charge in [-0.05, 0) is 43.6 Å². The summed E-state index contributed by atoms with van der Waals surface area (Å²) in [6.45, 7) is 9.10. The van der Waals surface area contributed by atoms with Crippen LogP contribution in [0.5, 0.6) is 0 Å². The van der Waals surface area contributed by atoms with Crippen LogP contribution >= 0.6 is 27.3 Å². The summed E-state index contributed by atoms with van der Waals surface area (Å²) in [4.78, 5) is 18.3. The van der Waals surface area contributed by atoms with E-state index in [1.54, 1.807) is 11.3 Å². The first-order valence-corrected chi connectivity index (χ1v) is 8.06. The van der Waals surface area contributed by atoms with Crippen molar-refractivity contribution in [3.63, 3.8) is 0 Å². The minimum Gasteiger partial charge on any atom is -0.336 e. The average molecular weight is 346 g/mol. The lowest BCUT2D eigenvalue weighted by atomic mass is 10.1. The van der Waals surface area contributed by atoms with Gasteiger partial charge in [-0.15, -0.1) is 11.3 Å². The Bertz CT molecular complexity index is 469. The normalized spacial score (nSPS) is 22.1. The molecule has 4 nitrogen and oxygen atoms in total. The van der Waals surface area contributed by atoms with Crippen molar-refractivity contribution in [2.24, 2.45) is 0 Å². The lowest BCUT2D eigenvalue weighted by Gasteiger charge is -2.32. The summed E-state index contributed by atoms with van der Waals surface area (Å²) < 4.78 is 1.04. The highest BCUT2D eigenvalue weighted by Crippen LogP contribution is 2.27. The van der Waals surface area contributed by atoms with Crippen LogP contribution in [-0.4, -0.2) is 33.9 Å². The molecule has 2 atom stereocenters. The van der Waals surface area contributed by atoms with Crippen molar-refractivity contribution in [2.45, 2.75) is 51.7 Å². The molecule has 0 saturated carbocycles. The summed E-state index contributed by atoms with van der Waals surface area (Å²) in [6, 6.07) is 0.387. The summed E-state index contributed by atoms with van der Waals surface area (Å²) in [6.07, 6.45) is 2.40. The van der Waals surface area contributed by atoms with Crippen molar-refractivity contribution >= 4 is 33.2 Å². The summed E-state index contributed by atoms with van der Waals surface area (Å²) in [5, 5.41) is 4.56. The van der Waals surface area contributed by atoms with E-state index in [9.17, 15) is 4.79 Å². The van der Waals surface area contributed by atoms with Crippen LogP contribution in [0.1, 0.15) is 45.2 Å². The Balaban J connectivity index is 1.96. The predicted molar refractivity (Wildman–Crippen MR) is 81.2 cm³/mol. The zero-order valence-electron chi connectivity index (χ0n) is 11.7. The van der Waals surface area contributed by atoms with Gasteiger partial charge in [0, 0.05) is 24.5 Å². The number of nitrogens with zero attached hydrogens (tertiary/aromatic N) is 2. The van der Waals surface area contributed by atoms with Crippen molar-refractivity contribution in [1.82, 2.24) is 15.2 Å². The molecule has 1 fully saturated rings. The number of halogens is 1. The van der Waals surface area contributed by atoms with Gasteiger partial charge in [-0.2, -0.15) is 0 Å². The highest BCUT2D eigenvalue weighted by molar-refractivity contribution is 9.11. The first kappa shape index (κ1) is 14.9. The van der Waals surface area contributed by atoms with Gasteiger partial charge in [0.2, 0.25) is 5.91 Å². The van der Waals surface area contributed by atoms with Crippen molar-refractivity contribution in [1.29, 1.82) is 0 Å². The van der Waals surface area contributed by atoms with Crippen molar-refractivity contribution < 1.29 is 4.79 Å². The summed E-state index contributed by atoms with van der Waals surface area (Å²) >= 11 is 5.06. The Kier molecular flexibility index (Phi) is 4.32. The molecular weight excluding hydrogens is 326 g/mol. The maximum Gasteiger partial charge on any atom is 0.224 e. The molecule has 0 spiro atoms. The molecule has 0 aromatic carbocycles. The van der Waals surface area contributed by atoms with Gasteiger partial charge >= 0.3 is 0 Å². The maximum atomic E-state index is 12.0. The van der Waals surface area contributed by atoms with E-state index in [0.29, 0.717) is 6.42 Å². The second kappa shape index (κ2) is 5.50. The number of carbonyl (C=O) groups is 1. The monoisotopic (exact) mass is 345 g/mol. The van der Waals surface area contributed by atoms with Crippen molar-refractivity contribution in [2.75, 3.05) is 6.54 Å². The lowest BCUT2D eigenvalue weighted by Crippen LogP contribution is -2.44. The Morgan fingerprint density at radius 2 is 2.26 bits per heavy atom. The van der Waals surface area contributed by atoms with E-state index < -0.39 is 0 Å². The topological polar surface area (TPSA) is 45.2 Å². The third-order valence-corrected chi connectivity index (χ3v) is 4.95. The molecule has 0 bridgehead atoms. The predicted octanol–water partition coefficient (Wildman–Crippen LogP) is 2.96. The van der Waals surface area contributed by atoms with Crippen LogP contribution in [0.2, 0.25) is 0 Å². The first-order chi connectivity index (χ1) is 8.77. The molecule has 1 aromatic heterocycles. The number of carbonyl (C=O) groups excluding carboxylic acids is 1. The molecule has 1 amide bonds. The van der Waals surface area contributed by atoms with Crippen molar-refractivity contribution in [3.8, 4) is 0 Å². The molecule has 1 aliphatic rings. The van der Waals surface area contributed by atoms with Gasteiger partial charge < -0.3 is 10.2 Å². The first-order valence-electron chi connectivity index (χ1n) is 6.45. The Labute approximate surface area is 126 Å². The van der Waals surface area contributed by atoms with E-state index >= 15 is 0 Å². The van der Waals surface area contributed by atoms with Gasteiger partial charge in [0.05, 0.1) is 16.0 Å². The Morgan fingerprint density at radius 1 is 1.58 bits per heavy atom. The van der Waals surface area contributed by atoms with Crippen LogP contribution in [0, 0.1) is 0 Å². The number of rotatable bonds is 3.